The Hall–Kier alpha value is -4.13. The summed E-state index contributed by atoms with van der Waals surface area (Å²) in [7, 11) is 0. The minimum absolute atomic E-state index is 0.00390. The maximum Gasteiger partial charge on any atom is 0.280 e. The van der Waals surface area contributed by atoms with E-state index in [0.29, 0.717) is 12.2 Å². The van der Waals surface area contributed by atoms with Crippen molar-refractivity contribution in [1.82, 2.24) is 44.8 Å². The normalized spacial score (nSPS) is 17.8. The van der Waals surface area contributed by atoms with Crippen molar-refractivity contribution in [3.63, 3.8) is 0 Å². The molecule has 1 amide bonds. The molecule has 1 fully saturated rings. The number of carbonyl (C=O) groups excluding carboxylic acids is 1. The van der Waals surface area contributed by atoms with Crippen LogP contribution >= 0.6 is 11.3 Å². The van der Waals surface area contributed by atoms with Gasteiger partial charge in [0.25, 0.3) is 12.3 Å². The standard InChI is InChI=1S/C25H23F2N9OS/c1-14-4-3-7-28-21(14)23-34-17-12-29-20(36-31-8-9-32-36)11-18(17)35(23)16-6-2-5-15(10-16)33-24(37)25-30-13-19(38-25)22(26)27/h3-4,7-9,11-13,15-16,22H,2,5-6,10H2,1H3,(H,33,37)/t15-,16+/m0/s1. The zero-order valence-electron chi connectivity index (χ0n) is 20.3. The van der Waals surface area contributed by atoms with Gasteiger partial charge in [0.15, 0.2) is 16.6 Å². The summed E-state index contributed by atoms with van der Waals surface area (Å²) in [5.74, 6) is 0.858. The lowest BCUT2D eigenvalue weighted by molar-refractivity contribution is 0.0920. The smallest absolute Gasteiger partial charge is 0.280 e. The second-order valence-corrected chi connectivity index (χ2v) is 10.2. The highest BCUT2D eigenvalue weighted by Gasteiger charge is 2.30. The van der Waals surface area contributed by atoms with Crippen molar-refractivity contribution in [2.24, 2.45) is 0 Å². The molecule has 0 aliphatic heterocycles. The largest absolute Gasteiger partial charge is 0.347 e. The molecular formula is C25H23F2N9OS. The molecule has 2 atom stereocenters. The van der Waals surface area contributed by atoms with Crippen LogP contribution in [0.5, 0.6) is 0 Å². The molecule has 1 aliphatic carbocycles. The van der Waals surface area contributed by atoms with Crippen LogP contribution in [-0.2, 0) is 0 Å². The first-order chi connectivity index (χ1) is 18.5. The molecule has 0 aromatic carbocycles. The average molecular weight is 536 g/mol. The molecular weight excluding hydrogens is 512 g/mol. The van der Waals surface area contributed by atoms with E-state index in [1.807, 2.05) is 25.1 Å². The summed E-state index contributed by atoms with van der Waals surface area (Å²) in [6.07, 6.45) is 8.22. The first kappa shape index (κ1) is 24.2. The van der Waals surface area contributed by atoms with Crippen molar-refractivity contribution in [3.05, 3.63) is 64.6 Å². The Morgan fingerprint density at radius 1 is 1.13 bits per heavy atom. The minimum Gasteiger partial charge on any atom is -0.347 e. The zero-order valence-corrected chi connectivity index (χ0v) is 21.1. The summed E-state index contributed by atoms with van der Waals surface area (Å²) in [4.78, 5) is 32.0. The van der Waals surface area contributed by atoms with Crippen LogP contribution in [0.15, 0.2) is 49.2 Å². The van der Waals surface area contributed by atoms with Gasteiger partial charge in [-0.1, -0.05) is 6.07 Å². The number of carbonyl (C=O) groups is 1. The van der Waals surface area contributed by atoms with Gasteiger partial charge in [-0.3, -0.25) is 9.78 Å². The lowest BCUT2D eigenvalue weighted by atomic mass is 9.90. The van der Waals surface area contributed by atoms with E-state index >= 15 is 0 Å². The monoisotopic (exact) mass is 535 g/mol. The third-order valence-corrected chi connectivity index (χ3v) is 7.69. The van der Waals surface area contributed by atoms with Gasteiger partial charge in [0, 0.05) is 30.5 Å². The third kappa shape index (κ3) is 4.53. The Morgan fingerprint density at radius 3 is 2.74 bits per heavy atom. The summed E-state index contributed by atoms with van der Waals surface area (Å²) >= 11 is 0.722. The quantitative estimate of drug-likeness (QED) is 0.335. The maximum absolute atomic E-state index is 13.0. The number of nitrogens with zero attached hydrogens (tertiary/aromatic N) is 8. The van der Waals surface area contributed by atoms with E-state index in [-0.39, 0.29) is 22.0 Å². The van der Waals surface area contributed by atoms with E-state index in [1.54, 1.807) is 24.8 Å². The number of aryl methyl sites for hydroxylation is 1. The van der Waals surface area contributed by atoms with Gasteiger partial charge in [-0.25, -0.2) is 23.7 Å². The van der Waals surface area contributed by atoms with Crippen molar-refractivity contribution in [2.45, 2.75) is 51.1 Å². The summed E-state index contributed by atoms with van der Waals surface area (Å²) < 4.78 is 28.1. The number of imidazole rings is 1. The molecule has 5 heterocycles. The number of hydrogen-bond acceptors (Lipinski definition) is 8. The molecule has 10 nitrogen and oxygen atoms in total. The van der Waals surface area contributed by atoms with Crippen molar-refractivity contribution >= 4 is 28.3 Å². The SMILES string of the molecule is Cc1cccnc1-c1nc2cnc(-n3nccn3)cc2n1[C@@H]1CCC[C@H](NC(=O)c2ncc(C(F)F)s2)C1. The average Bonchev–Trinajstić information content (AvgIpc) is 3.69. The number of fused-ring (bicyclic) bond motifs is 1. The lowest BCUT2D eigenvalue weighted by Gasteiger charge is -2.32. The van der Waals surface area contributed by atoms with Crippen molar-refractivity contribution < 1.29 is 13.6 Å². The minimum atomic E-state index is -2.65. The van der Waals surface area contributed by atoms with Crippen LogP contribution < -0.4 is 5.32 Å². The molecule has 13 heteroatoms. The van der Waals surface area contributed by atoms with E-state index in [4.69, 9.17) is 4.98 Å². The van der Waals surface area contributed by atoms with Crippen LogP contribution in [0.1, 0.15) is 58.4 Å². The zero-order chi connectivity index (χ0) is 26.2. The van der Waals surface area contributed by atoms with E-state index in [2.05, 4.69) is 35.0 Å². The van der Waals surface area contributed by atoms with Gasteiger partial charge in [-0.15, -0.1) is 16.1 Å². The molecule has 0 saturated heterocycles. The summed E-state index contributed by atoms with van der Waals surface area (Å²) in [5, 5.41) is 11.5. The van der Waals surface area contributed by atoms with Gasteiger partial charge < -0.3 is 9.88 Å². The number of pyridine rings is 2. The highest BCUT2D eigenvalue weighted by molar-refractivity contribution is 7.13. The van der Waals surface area contributed by atoms with E-state index < -0.39 is 12.3 Å². The number of hydrogen-bond donors (Lipinski definition) is 1. The summed E-state index contributed by atoms with van der Waals surface area (Å²) in [5.41, 5.74) is 3.35. The van der Waals surface area contributed by atoms with Gasteiger partial charge in [-0.2, -0.15) is 10.2 Å². The van der Waals surface area contributed by atoms with Crippen LogP contribution in [-0.4, -0.2) is 51.4 Å². The van der Waals surface area contributed by atoms with Gasteiger partial charge in [0.2, 0.25) is 0 Å². The molecule has 38 heavy (non-hydrogen) atoms. The fourth-order valence-electron chi connectivity index (χ4n) is 4.96. The number of rotatable bonds is 6. The number of nitrogens with one attached hydrogen (secondary N) is 1. The molecule has 1 N–H and O–H groups in total. The van der Waals surface area contributed by atoms with Crippen molar-refractivity contribution in [3.8, 4) is 17.3 Å². The van der Waals surface area contributed by atoms with Crippen molar-refractivity contribution in [1.29, 1.82) is 0 Å². The first-order valence-corrected chi connectivity index (χ1v) is 13.0. The molecule has 194 valence electrons. The molecule has 0 spiro atoms. The Labute approximate surface area is 219 Å². The van der Waals surface area contributed by atoms with Crippen LogP contribution in [0.4, 0.5) is 8.78 Å². The maximum atomic E-state index is 13.0. The van der Waals surface area contributed by atoms with Crippen LogP contribution in [0, 0.1) is 6.92 Å². The van der Waals surface area contributed by atoms with E-state index in [1.165, 1.54) is 4.80 Å². The molecule has 1 saturated carbocycles. The third-order valence-electron chi connectivity index (χ3n) is 6.69. The highest BCUT2D eigenvalue weighted by Crippen LogP contribution is 2.37. The fourth-order valence-corrected chi connectivity index (χ4v) is 5.63. The molecule has 5 aromatic heterocycles. The van der Waals surface area contributed by atoms with Crippen LogP contribution in [0.25, 0.3) is 28.4 Å². The topological polar surface area (TPSA) is 116 Å². The van der Waals surface area contributed by atoms with Gasteiger partial charge in [0.1, 0.15) is 11.2 Å². The Balaban J connectivity index is 1.36. The number of halogens is 2. The molecule has 6 rings (SSSR count). The number of thiazole rings is 1. The Bertz CT molecular complexity index is 1600. The molecule has 5 aromatic rings. The van der Waals surface area contributed by atoms with Crippen LogP contribution in [0.2, 0.25) is 0 Å². The summed E-state index contributed by atoms with van der Waals surface area (Å²) in [6, 6.07) is 5.65. The Morgan fingerprint density at radius 2 is 1.97 bits per heavy atom. The second-order valence-electron chi connectivity index (χ2n) is 9.18. The highest BCUT2D eigenvalue weighted by atomic mass is 32.1. The number of alkyl halides is 2. The number of aromatic nitrogens is 8. The predicted molar refractivity (Wildman–Crippen MR) is 136 cm³/mol. The van der Waals surface area contributed by atoms with Crippen LogP contribution in [0.3, 0.4) is 0 Å². The Kier molecular flexibility index (Phi) is 6.35. The van der Waals surface area contributed by atoms with Gasteiger partial charge in [0.05, 0.1) is 29.0 Å². The molecule has 1 aliphatic rings. The summed E-state index contributed by atoms with van der Waals surface area (Å²) in [6.45, 7) is 1.99. The lowest BCUT2D eigenvalue weighted by Crippen LogP contribution is -2.39. The predicted octanol–water partition coefficient (Wildman–Crippen LogP) is 4.69. The molecule has 0 radical (unpaired) electrons. The second kappa shape index (κ2) is 9.97. The number of amides is 1. The van der Waals surface area contributed by atoms with Gasteiger partial charge >= 0.3 is 0 Å². The van der Waals surface area contributed by atoms with Gasteiger partial charge in [-0.05, 0) is 44.2 Å². The molecule has 0 bridgehead atoms. The molecule has 0 unspecified atom stereocenters. The van der Waals surface area contributed by atoms with E-state index in [9.17, 15) is 13.6 Å². The van der Waals surface area contributed by atoms with E-state index in [0.717, 1.165) is 64.9 Å². The fraction of sp³-hybridized carbons (Fsp3) is 0.320. The van der Waals surface area contributed by atoms with Crippen molar-refractivity contribution in [2.75, 3.05) is 0 Å². The first-order valence-electron chi connectivity index (χ1n) is 12.2.